The highest BCUT2D eigenvalue weighted by Gasteiger charge is 2.42. The summed E-state index contributed by atoms with van der Waals surface area (Å²) in [5, 5.41) is 3.67. The molecule has 0 aromatic heterocycles. The molecule has 0 aromatic rings. The Morgan fingerprint density at radius 2 is 1.64 bits per heavy atom. The van der Waals surface area contributed by atoms with Gasteiger partial charge < -0.3 is 24.3 Å². The van der Waals surface area contributed by atoms with Crippen molar-refractivity contribution in [1.82, 2.24) is 5.32 Å². The lowest BCUT2D eigenvalue weighted by Gasteiger charge is -2.43. The molecule has 9 unspecified atom stereocenters. The van der Waals surface area contributed by atoms with Crippen LogP contribution in [0.4, 0.5) is 4.79 Å². The van der Waals surface area contributed by atoms with Gasteiger partial charge in [-0.2, -0.15) is 0 Å². The van der Waals surface area contributed by atoms with E-state index in [4.69, 9.17) is 18.9 Å². The van der Waals surface area contributed by atoms with Crippen LogP contribution in [0.25, 0.3) is 0 Å². The summed E-state index contributed by atoms with van der Waals surface area (Å²) >= 11 is 0. The summed E-state index contributed by atoms with van der Waals surface area (Å²) in [5.74, 6) is 1.70. The van der Waals surface area contributed by atoms with E-state index >= 15 is 0 Å². The molecule has 2 fully saturated rings. The van der Waals surface area contributed by atoms with E-state index in [2.05, 4.69) is 37.4 Å². The fraction of sp³-hybridized carbons (Fsp3) is 0.822. The minimum Gasteiger partial charge on any atom is -0.466 e. The van der Waals surface area contributed by atoms with E-state index in [0.717, 1.165) is 69.5 Å². The molecule has 4 rings (SSSR count). The van der Waals surface area contributed by atoms with Gasteiger partial charge in [0.25, 0.3) is 0 Å². The number of alkyl carbamates (subject to hydrolysis) is 1. The van der Waals surface area contributed by atoms with Gasteiger partial charge in [-0.05, 0) is 81.1 Å². The number of carbonyl (C=O) groups is 4. The quantitative estimate of drug-likeness (QED) is 0.0413. The van der Waals surface area contributed by atoms with Gasteiger partial charge in [0.15, 0.2) is 0 Å². The van der Waals surface area contributed by atoms with E-state index in [-0.39, 0.29) is 54.3 Å². The predicted molar refractivity (Wildman–Crippen MR) is 227 cm³/mol. The number of amides is 1. The number of rotatable bonds is 25. The molecular weight excluding hydrogens is 747 g/mol. The number of unbranched alkanes of at least 4 members (excludes halogenated alkanes) is 10. The Labute approximate surface area is 346 Å². The molecule has 2 saturated heterocycles. The number of fused-ring (bicyclic) bond motifs is 1. The molecule has 9 nitrogen and oxygen atoms in total. The largest absolute Gasteiger partial charge is 0.466 e. The van der Waals surface area contributed by atoms with E-state index in [1.54, 1.807) is 0 Å². The number of esters is 3. The van der Waals surface area contributed by atoms with Gasteiger partial charge >= 0.3 is 24.0 Å². The lowest BCUT2D eigenvalue weighted by molar-refractivity contribution is -0.162. The van der Waals surface area contributed by atoms with Gasteiger partial charge in [-0.15, -0.1) is 0 Å². The second-order valence-electron chi connectivity index (χ2n) is 17.0. The van der Waals surface area contributed by atoms with E-state index in [1.807, 2.05) is 35.4 Å². The van der Waals surface area contributed by atoms with Crippen LogP contribution in [0.5, 0.6) is 0 Å². The van der Waals surface area contributed by atoms with Crippen LogP contribution in [0.1, 0.15) is 163 Å². The molecule has 11 heteroatoms. The zero-order valence-electron chi connectivity index (χ0n) is 35.0. The molecule has 2 heterocycles. The molecule has 56 heavy (non-hydrogen) atoms. The topological polar surface area (TPSA) is 117 Å². The SMILES string of the molecule is CCC(C)C(=O)OC1CC(C)C=C2C=CC(C)C(CCC3CC(OC(=O)NCCCCCCCCCCCCOC(=O)CCCCC4CCSS4)CC(=O)O3)C21. The van der Waals surface area contributed by atoms with Crippen LogP contribution >= 0.6 is 21.6 Å². The molecule has 0 spiro atoms. The Bertz CT molecular complexity index is 1270. The molecule has 2 aliphatic carbocycles. The number of allylic oxidation sites excluding steroid dienone is 3. The van der Waals surface area contributed by atoms with Gasteiger partial charge in [0.05, 0.1) is 18.9 Å². The van der Waals surface area contributed by atoms with Gasteiger partial charge in [-0.25, -0.2) is 4.79 Å². The summed E-state index contributed by atoms with van der Waals surface area (Å²) in [5.41, 5.74) is 1.25. The Hall–Kier alpha value is -2.14. The average molecular weight is 820 g/mol. The molecular formula is C45H73NO8S2. The third kappa shape index (κ3) is 17.0. The summed E-state index contributed by atoms with van der Waals surface area (Å²) in [7, 11) is 3.99. The highest BCUT2D eigenvalue weighted by atomic mass is 33.1. The Balaban J connectivity index is 1.01. The number of nitrogens with one attached hydrogen (secondary N) is 1. The molecule has 318 valence electrons. The lowest BCUT2D eigenvalue weighted by Crippen LogP contribution is -2.42. The van der Waals surface area contributed by atoms with E-state index < -0.39 is 12.2 Å². The minimum atomic E-state index is -0.491. The highest BCUT2D eigenvalue weighted by Crippen LogP contribution is 2.45. The zero-order valence-corrected chi connectivity index (χ0v) is 36.6. The summed E-state index contributed by atoms with van der Waals surface area (Å²) in [6, 6.07) is 0. The molecule has 0 saturated carbocycles. The van der Waals surface area contributed by atoms with Crippen LogP contribution < -0.4 is 5.32 Å². The first-order valence-corrected chi connectivity index (χ1v) is 24.7. The summed E-state index contributed by atoms with van der Waals surface area (Å²) in [6.45, 7) is 9.46. The van der Waals surface area contributed by atoms with Crippen LogP contribution in [0.15, 0.2) is 23.8 Å². The van der Waals surface area contributed by atoms with Crippen molar-refractivity contribution in [3.8, 4) is 0 Å². The highest BCUT2D eigenvalue weighted by molar-refractivity contribution is 8.77. The number of hydrogen-bond donors (Lipinski definition) is 1. The van der Waals surface area contributed by atoms with Gasteiger partial charge in [0.1, 0.15) is 18.3 Å². The lowest BCUT2D eigenvalue weighted by atomic mass is 9.65. The van der Waals surface area contributed by atoms with Gasteiger partial charge in [-0.3, -0.25) is 14.4 Å². The molecule has 0 bridgehead atoms. The Morgan fingerprint density at radius 3 is 2.36 bits per heavy atom. The van der Waals surface area contributed by atoms with Crippen LogP contribution in [-0.4, -0.2) is 66.5 Å². The Kier molecular flexibility index (Phi) is 21.7. The molecule has 2 aliphatic heterocycles. The summed E-state index contributed by atoms with van der Waals surface area (Å²) < 4.78 is 23.0. The van der Waals surface area contributed by atoms with Crippen LogP contribution in [-0.2, 0) is 33.3 Å². The van der Waals surface area contributed by atoms with Crippen LogP contribution in [0, 0.1) is 29.6 Å². The van der Waals surface area contributed by atoms with Crippen molar-refractivity contribution in [1.29, 1.82) is 0 Å². The van der Waals surface area contributed by atoms with Crippen LogP contribution in [0.3, 0.4) is 0 Å². The molecule has 4 aliphatic rings. The van der Waals surface area contributed by atoms with Crippen molar-refractivity contribution in [2.45, 2.75) is 186 Å². The fourth-order valence-electron chi connectivity index (χ4n) is 8.63. The third-order valence-electron chi connectivity index (χ3n) is 12.2. The number of ether oxygens (including phenoxy) is 4. The maximum Gasteiger partial charge on any atom is 0.407 e. The monoisotopic (exact) mass is 819 g/mol. The number of hydrogen-bond acceptors (Lipinski definition) is 10. The maximum absolute atomic E-state index is 12.8. The number of carbonyl (C=O) groups excluding carboxylic acids is 4. The zero-order chi connectivity index (χ0) is 40.1. The molecule has 0 radical (unpaired) electrons. The van der Waals surface area contributed by atoms with E-state index in [0.29, 0.717) is 44.2 Å². The van der Waals surface area contributed by atoms with Crippen molar-refractivity contribution in [3.05, 3.63) is 23.8 Å². The second kappa shape index (κ2) is 26.1. The fourth-order valence-corrected chi connectivity index (χ4v) is 11.7. The molecule has 1 amide bonds. The second-order valence-corrected chi connectivity index (χ2v) is 19.8. The first kappa shape index (κ1) is 46.5. The Morgan fingerprint density at radius 1 is 0.911 bits per heavy atom. The van der Waals surface area contributed by atoms with Crippen LogP contribution in [0.2, 0.25) is 0 Å². The van der Waals surface area contributed by atoms with E-state index in [9.17, 15) is 19.2 Å². The van der Waals surface area contributed by atoms with Crippen molar-refractivity contribution >= 4 is 45.6 Å². The smallest absolute Gasteiger partial charge is 0.407 e. The average Bonchev–Trinajstić information content (AvgIpc) is 3.69. The summed E-state index contributed by atoms with van der Waals surface area (Å²) in [4.78, 5) is 50.0. The molecule has 0 aromatic carbocycles. The predicted octanol–water partition coefficient (Wildman–Crippen LogP) is 11.1. The third-order valence-corrected chi connectivity index (χ3v) is 15.2. The van der Waals surface area contributed by atoms with Gasteiger partial charge in [0.2, 0.25) is 0 Å². The van der Waals surface area contributed by atoms with Crippen molar-refractivity contribution in [2.75, 3.05) is 18.9 Å². The molecule has 9 atom stereocenters. The van der Waals surface area contributed by atoms with Gasteiger partial charge in [0, 0.05) is 36.3 Å². The van der Waals surface area contributed by atoms with Crippen molar-refractivity contribution in [2.24, 2.45) is 29.6 Å². The number of cyclic esters (lactones) is 1. The normalized spacial score (nSPS) is 27.8. The maximum atomic E-state index is 12.8. The van der Waals surface area contributed by atoms with Gasteiger partial charge in [-0.1, -0.05) is 125 Å². The standard InChI is InChI=1S/C45H73NO8S2/c1-5-33(3)44(49)54-40-29-32(2)28-35-21-20-34(4)39(43(35)40)23-22-36-30-37(31-42(48)52-36)53-45(50)46-25-16-12-10-8-6-7-9-11-13-17-26-51-41(47)19-15-14-18-38-24-27-55-56-38/h20-21,28,32-34,36-40,43H,5-19,22-27,29-31H2,1-4H3,(H,46,50). The van der Waals surface area contributed by atoms with Crippen molar-refractivity contribution < 1.29 is 38.1 Å². The minimum absolute atomic E-state index is 0.0345. The van der Waals surface area contributed by atoms with Crippen molar-refractivity contribution in [3.63, 3.8) is 0 Å². The summed E-state index contributed by atoms with van der Waals surface area (Å²) in [6.07, 6.45) is 25.5. The first-order chi connectivity index (χ1) is 27.1. The van der Waals surface area contributed by atoms with E-state index in [1.165, 1.54) is 56.3 Å². The molecule has 1 N–H and O–H groups in total. The first-order valence-electron chi connectivity index (χ1n) is 22.3.